The lowest BCUT2D eigenvalue weighted by atomic mass is 10.0. The van der Waals surface area contributed by atoms with Gasteiger partial charge in [-0.25, -0.2) is 0 Å². The molecule has 0 atom stereocenters. The standard InChI is InChI=1S/C13H19NO2/c15-8-12-4-3-11(16-12)7-14-9-13(5-6-13)10-1-2-10/h3-4,10,14-15H,1-2,5-9H2. The van der Waals surface area contributed by atoms with Crippen LogP contribution in [0, 0.1) is 11.3 Å². The molecule has 2 saturated carbocycles. The Balaban J connectivity index is 1.46. The second-order valence-corrected chi connectivity index (χ2v) is 5.27. The van der Waals surface area contributed by atoms with Crippen LogP contribution in [-0.2, 0) is 13.2 Å². The van der Waals surface area contributed by atoms with Crippen LogP contribution < -0.4 is 5.32 Å². The molecule has 0 saturated heterocycles. The second-order valence-electron chi connectivity index (χ2n) is 5.27. The number of hydrogen-bond donors (Lipinski definition) is 2. The van der Waals surface area contributed by atoms with Gasteiger partial charge in [0.1, 0.15) is 18.1 Å². The van der Waals surface area contributed by atoms with Gasteiger partial charge >= 0.3 is 0 Å². The number of hydrogen-bond acceptors (Lipinski definition) is 3. The molecule has 2 aliphatic carbocycles. The average molecular weight is 221 g/mol. The van der Waals surface area contributed by atoms with E-state index in [0.29, 0.717) is 11.2 Å². The van der Waals surface area contributed by atoms with Gasteiger partial charge in [-0.15, -0.1) is 0 Å². The largest absolute Gasteiger partial charge is 0.462 e. The average Bonchev–Trinajstić information content (AvgIpc) is 3.17. The van der Waals surface area contributed by atoms with E-state index in [4.69, 9.17) is 9.52 Å². The summed E-state index contributed by atoms with van der Waals surface area (Å²) in [7, 11) is 0. The number of nitrogens with one attached hydrogen (secondary N) is 1. The predicted octanol–water partition coefficient (Wildman–Crippen LogP) is 2.05. The van der Waals surface area contributed by atoms with Gasteiger partial charge in [0.05, 0.1) is 6.54 Å². The monoisotopic (exact) mass is 221 g/mol. The number of aliphatic hydroxyl groups excluding tert-OH is 1. The maximum atomic E-state index is 8.88. The van der Waals surface area contributed by atoms with E-state index in [1.54, 1.807) is 0 Å². The smallest absolute Gasteiger partial charge is 0.129 e. The van der Waals surface area contributed by atoms with Crippen LogP contribution in [0.1, 0.15) is 37.2 Å². The SMILES string of the molecule is OCc1ccc(CNCC2(C3CC3)CC2)o1. The lowest BCUT2D eigenvalue weighted by Crippen LogP contribution is -2.24. The summed E-state index contributed by atoms with van der Waals surface area (Å²) in [5, 5.41) is 12.4. The molecule has 0 spiro atoms. The van der Waals surface area contributed by atoms with E-state index in [2.05, 4.69) is 5.32 Å². The van der Waals surface area contributed by atoms with Gasteiger partial charge in [0.15, 0.2) is 0 Å². The highest BCUT2D eigenvalue weighted by molar-refractivity contribution is 5.08. The summed E-state index contributed by atoms with van der Waals surface area (Å²) in [6.07, 6.45) is 5.70. The Hall–Kier alpha value is -0.800. The minimum Gasteiger partial charge on any atom is -0.462 e. The Labute approximate surface area is 95.8 Å². The van der Waals surface area contributed by atoms with E-state index in [-0.39, 0.29) is 6.61 Å². The Morgan fingerprint density at radius 3 is 2.62 bits per heavy atom. The fourth-order valence-corrected chi connectivity index (χ4v) is 2.62. The molecule has 0 amide bonds. The van der Waals surface area contributed by atoms with E-state index in [1.165, 1.54) is 25.7 Å². The topological polar surface area (TPSA) is 45.4 Å². The van der Waals surface area contributed by atoms with Crippen molar-refractivity contribution in [1.82, 2.24) is 5.32 Å². The summed E-state index contributed by atoms with van der Waals surface area (Å²) < 4.78 is 5.43. The second kappa shape index (κ2) is 3.90. The van der Waals surface area contributed by atoms with Crippen LogP contribution >= 0.6 is 0 Å². The van der Waals surface area contributed by atoms with Gasteiger partial charge in [-0.1, -0.05) is 0 Å². The fourth-order valence-electron chi connectivity index (χ4n) is 2.62. The van der Waals surface area contributed by atoms with Gasteiger partial charge in [0.2, 0.25) is 0 Å². The van der Waals surface area contributed by atoms with Crippen LogP contribution in [0.15, 0.2) is 16.5 Å². The first-order valence-electron chi connectivity index (χ1n) is 6.22. The van der Waals surface area contributed by atoms with Crippen LogP contribution in [0.25, 0.3) is 0 Å². The third-order valence-electron chi connectivity index (χ3n) is 3.99. The van der Waals surface area contributed by atoms with Crippen LogP contribution in [0.2, 0.25) is 0 Å². The highest BCUT2D eigenvalue weighted by Crippen LogP contribution is 2.60. The Bertz CT molecular complexity index is 364. The van der Waals surface area contributed by atoms with Crippen molar-refractivity contribution >= 4 is 0 Å². The number of rotatable bonds is 6. The van der Waals surface area contributed by atoms with Crippen molar-refractivity contribution in [2.75, 3.05) is 6.54 Å². The molecule has 88 valence electrons. The summed E-state index contributed by atoms with van der Waals surface area (Å²) in [4.78, 5) is 0. The molecule has 1 heterocycles. The molecule has 3 nitrogen and oxygen atoms in total. The summed E-state index contributed by atoms with van der Waals surface area (Å²) >= 11 is 0. The highest BCUT2D eigenvalue weighted by Gasteiger charge is 2.53. The molecule has 0 aliphatic heterocycles. The zero-order valence-corrected chi connectivity index (χ0v) is 9.54. The molecule has 16 heavy (non-hydrogen) atoms. The van der Waals surface area contributed by atoms with Crippen LogP contribution in [0.4, 0.5) is 0 Å². The molecule has 2 N–H and O–H groups in total. The Kier molecular flexibility index (Phi) is 2.52. The fraction of sp³-hybridized carbons (Fsp3) is 0.692. The molecule has 2 fully saturated rings. The van der Waals surface area contributed by atoms with Crippen LogP contribution in [0.5, 0.6) is 0 Å². The van der Waals surface area contributed by atoms with Crippen molar-refractivity contribution in [2.24, 2.45) is 11.3 Å². The third kappa shape index (κ3) is 2.02. The molecule has 0 radical (unpaired) electrons. The van der Waals surface area contributed by atoms with E-state index < -0.39 is 0 Å². The third-order valence-corrected chi connectivity index (χ3v) is 3.99. The summed E-state index contributed by atoms with van der Waals surface area (Å²) in [6.45, 7) is 1.91. The first kappa shape index (κ1) is 10.4. The number of furan rings is 1. The molecule has 3 heteroatoms. The van der Waals surface area contributed by atoms with E-state index >= 15 is 0 Å². The molecular formula is C13H19NO2. The minimum atomic E-state index is -0.00793. The van der Waals surface area contributed by atoms with Crippen molar-refractivity contribution in [3.63, 3.8) is 0 Å². The predicted molar refractivity (Wildman–Crippen MR) is 60.7 cm³/mol. The Morgan fingerprint density at radius 1 is 1.31 bits per heavy atom. The maximum absolute atomic E-state index is 8.88. The van der Waals surface area contributed by atoms with E-state index in [1.807, 2.05) is 12.1 Å². The van der Waals surface area contributed by atoms with Crippen molar-refractivity contribution in [3.05, 3.63) is 23.7 Å². The lowest BCUT2D eigenvalue weighted by Gasteiger charge is -2.14. The minimum absolute atomic E-state index is 0.00793. The van der Waals surface area contributed by atoms with Crippen molar-refractivity contribution in [1.29, 1.82) is 0 Å². The molecule has 0 aromatic carbocycles. The molecule has 1 aromatic heterocycles. The first-order chi connectivity index (χ1) is 7.82. The van der Waals surface area contributed by atoms with Gasteiger partial charge in [-0.3, -0.25) is 0 Å². The maximum Gasteiger partial charge on any atom is 0.129 e. The molecule has 1 aromatic rings. The normalized spacial score (nSPS) is 22.3. The van der Waals surface area contributed by atoms with Crippen molar-refractivity contribution in [2.45, 2.75) is 38.8 Å². The van der Waals surface area contributed by atoms with Crippen LogP contribution in [-0.4, -0.2) is 11.7 Å². The zero-order chi connectivity index (χ0) is 11.0. The van der Waals surface area contributed by atoms with Crippen molar-refractivity contribution in [3.8, 4) is 0 Å². The highest BCUT2D eigenvalue weighted by atomic mass is 16.4. The van der Waals surface area contributed by atoms with E-state index in [0.717, 1.165) is 24.8 Å². The first-order valence-corrected chi connectivity index (χ1v) is 6.22. The lowest BCUT2D eigenvalue weighted by molar-refractivity contribution is 0.242. The van der Waals surface area contributed by atoms with Gasteiger partial charge in [0, 0.05) is 6.54 Å². The summed E-state index contributed by atoms with van der Waals surface area (Å²) in [5.74, 6) is 2.58. The van der Waals surface area contributed by atoms with Gasteiger partial charge in [-0.2, -0.15) is 0 Å². The number of aliphatic hydroxyl groups is 1. The van der Waals surface area contributed by atoms with Gasteiger partial charge in [0.25, 0.3) is 0 Å². The zero-order valence-electron chi connectivity index (χ0n) is 9.54. The van der Waals surface area contributed by atoms with Crippen LogP contribution in [0.3, 0.4) is 0 Å². The Morgan fingerprint density at radius 2 is 2.06 bits per heavy atom. The molecular weight excluding hydrogens is 202 g/mol. The molecule has 2 aliphatic rings. The molecule has 3 rings (SSSR count). The molecule has 0 unspecified atom stereocenters. The summed E-state index contributed by atoms with van der Waals surface area (Å²) in [6, 6.07) is 3.78. The molecule has 0 bridgehead atoms. The van der Waals surface area contributed by atoms with E-state index in [9.17, 15) is 0 Å². The van der Waals surface area contributed by atoms with Gasteiger partial charge in [-0.05, 0) is 49.1 Å². The quantitative estimate of drug-likeness (QED) is 0.772. The summed E-state index contributed by atoms with van der Waals surface area (Å²) in [5.41, 5.74) is 0.645. The van der Waals surface area contributed by atoms with Gasteiger partial charge < -0.3 is 14.8 Å². The van der Waals surface area contributed by atoms with Crippen molar-refractivity contribution < 1.29 is 9.52 Å².